The Labute approximate surface area is 172 Å². The fraction of sp³-hybridized carbons (Fsp3) is 0.200. The third-order valence-corrected chi connectivity index (χ3v) is 5.77. The van der Waals surface area contributed by atoms with Crippen LogP contribution in [0.3, 0.4) is 0 Å². The summed E-state index contributed by atoms with van der Waals surface area (Å²) in [7, 11) is 0. The largest absolute Gasteiger partial charge is 0.292 e. The molecule has 8 heteroatoms. The molecule has 1 aliphatic rings. The lowest BCUT2D eigenvalue weighted by Gasteiger charge is -2.15. The van der Waals surface area contributed by atoms with Crippen LogP contribution in [0, 0.1) is 6.92 Å². The lowest BCUT2D eigenvalue weighted by molar-refractivity contribution is -0.129. The number of carbonyl (C=O) groups is 3. The van der Waals surface area contributed by atoms with Crippen molar-refractivity contribution in [3.05, 3.63) is 71.3 Å². The predicted octanol–water partition coefficient (Wildman–Crippen LogP) is 2.58. The number of thiocarbonyl (C=S) groups is 1. The van der Waals surface area contributed by atoms with E-state index in [1.807, 2.05) is 49.4 Å². The van der Waals surface area contributed by atoms with Gasteiger partial charge in [-0.05, 0) is 24.6 Å². The number of hydrazine groups is 1. The van der Waals surface area contributed by atoms with Gasteiger partial charge >= 0.3 is 0 Å². The molecule has 0 spiro atoms. The Morgan fingerprint density at radius 3 is 2.43 bits per heavy atom. The molecular weight excluding hydrogens is 394 g/mol. The average molecular weight is 414 g/mol. The minimum absolute atomic E-state index is 0.0664. The second kappa shape index (κ2) is 8.99. The predicted molar refractivity (Wildman–Crippen MR) is 112 cm³/mol. The summed E-state index contributed by atoms with van der Waals surface area (Å²) in [6, 6.07) is 16.5. The highest BCUT2D eigenvalue weighted by atomic mass is 32.2. The highest BCUT2D eigenvalue weighted by molar-refractivity contribution is 8.24. The Kier molecular flexibility index (Phi) is 6.43. The van der Waals surface area contributed by atoms with Gasteiger partial charge in [0.25, 0.3) is 5.91 Å². The summed E-state index contributed by atoms with van der Waals surface area (Å²) in [6.07, 6.45) is -0.0664. The molecule has 0 radical (unpaired) electrons. The van der Waals surface area contributed by atoms with Crippen molar-refractivity contribution in [2.24, 2.45) is 0 Å². The molecular formula is C20H19N3O3S2. The number of carbonyl (C=O) groups excluding carboxylic acids is 3. The van der Waals surface area contributed by atoms with Crippen LogP contribution in [0.15, 0.2) is 54.6 Å². The number of amides is 3. The fourth-order valence-electron chi connectivity index (χ4n) is 2.66. The SMILES string of the molecule is Cc1ccc(C(=O)NNC(=O)CC2SC(=S)N(Cc3ccccc3)C2=O)cc1. The molecule has 1 atom stereocenters. The highest BCUT2D eigenvalue weighted by Gasteiger charge is 2.38. The lowest BCUT2D eigenvalue weighted by Crippen LogP contribution is -2.43. The smallest absolute Gasteiger partial charge is 0.269 e. The Morgan fingerprint density at radius 1 is 1.07 bits per heavy atom. The van der Waals surface area contributed by atoms with E-state index in [4.69, 9.17) is 12.2 Å². The summed E-state index contributed by atoms with van der Waals surface area (Å²) in [5.41, 5.74) is 7.16. The van der Waals surface area contributed by atoms with Gasteiger partial charge in [0, 0.05) is 12.0 Å². The van der Waals surface area contributed by atoms with E-state index in [2.05, 4.69) is 10.9 Å². The van der Waals surface area contributed by atoms with E-state index in [-0.39, 0.29) is 12.3 Å². The van der Waals surface area contributed by atoms with Crippen molar-refractivity contribution >= 4 is 46.0 Å². The number of nitrogens with one attached hydrogen (secondary N) is 2. The Balaban J connectivity index is 1.51. The van der Waals surface area contributed by atoms with E-state index < -0.39 is 17.1 Å². The molecule has 1 saturated heterocycles. The van der Waals surface area contributed by atoms with Crippen LogP contribution in [0.2, 0.25) is 0 Å². The van der Waals surface area contributed by atoms with Crippen molar-refractivity contribution < 1.29 is 14.4 Å². The average Bonchev–Trinajstić information content (AvgIpc) is 2.95. The van der Waals surface area contributed by atoms with E-state index in [1.165, 1.54) is 16.7 Å². The number of hydrogen-bond donors (Lipinski definition) is 2. The molecule has 0 bridgehead atoms. The Bertz CT molecular complexity index is 901. The zero-order chi connectivity index (χ0) is 20.1. The molecule has 0 aromatic heterocycles. The molecule has 1 unspecified atom stereocenters. The van der Waals surface area contributed by atoms with Crippen LogP contribution in [0.5, 0.6) is 0 Å². The van der Waals surface area contributed by atoms with Crippen LogP contribution in [0.25, 0.3) is 0 Å². The first-order chi connectivity index (χ1) is 13.4. The summed E-state index contributed by atoms with van der Waals surface area (Å²) in [4.78, 5) is 38.3. The first-order valence-electron chi connectivity index (χ1n) is 8.66. The number of hydrogen-bond acceptors (Lipinski definition) is 5. The number of thioether (sulfide) groups is 1. The van der Waals surface area contributed by atoms with E-state index in [1.54, 1.807) is 12.1 Å². The fourth-order valence-corrected chi connectivity index (χ4v) is 4.15. The summed E-state index contributed by atoms with van der Waals surface area (Å²) < 4.78 is 0.454. The van der Waals surface area contributed by atoms with Crippen LogP contribution in [0.4, 0.5) is 0 Å². The normalized spacial score (nSPS) is 16.2. The third-order valence-electron chi connectivity index (χ3n) is 4.19. The van der Waals surface area contributed by atoms with Gasteiger partial charge in [-0.15, -0.1) is 0 Å². The molecule has 1 heterocycles. The molecule has 1 aliphatic heterocycles. The van der Waals surface area contributed by atoms with Gasteiger partial charge in [0.05, 0.1) is 11.8 Å². The minimum atomic E-state index is -0.590. The molecule has 2 N–H and O–H groups in total. The summed E-state index contributed by atoms with van der Waals surface area (Å²) in [5.74, 6) is -1.06. The molecule has 3 rings (SSSR count). The third kappa shape index (κ3) is 4.96. The number of aryl methyl sites for hydroxylation is 1. The number of benzene rings is 2. The second-order valence-electron chi connectivity index (χ2n) is 6.35. The monoisotopic (exact) mass is 413 g/mol. The zero-order valence-corrected chi connectivity index (χ0v) is 16.8. The van der Waals surface area contributed by atoms with Gasteiger partial charge in [-0.1, -0.05) is 72.0 Å². The van der Waals surface area contributed by atoms with Crippen LogP contribution in [-0.2, 0) is 16.1 Å². The first-order valence-corrected chi connectivity index (χ1v) is 9.94. The molecule has 2 aromatic carbocycles. The standard InChI is InChI=1S/C20H19N3O3S2/c1-13-7-9-15(10-8-13)18(25)22-21-17(24)11-16-19(26)23(20(27)28-16)12-14-5-3-2-4-6-14/h2-10,16H,11-12H2,1H3,(H,21,24)(H,22,25). The number of nitrogens with zero attached hydrogens (tertiary/aromatic N) is 1. The van der Waals surface area contributed by atoms with Crippen molar-refractivity contribution in [1.29, 1.82) is 0 Å². The van der Waals surface area contributed by atoms with Crippen LogP contribution in [-0.4, -0.2) is 32.2 Å². The Morgan fingerprint density at radius 2 is 1.75 bits per heavy atom. The van der Waals surface area contributed by atoms with Crippen molar-refractivity contribution in [2.75, 3.05) is 0 Å². The summed E-state index contributed by atoms with van der Waals surface area (Å²) in [5, 5.41) is -0.590. The molecule has 28 heavy (non-hydrogen) atoms. The molecule has 1 fully saturated rings. The quantitative estimate of drug-likeness (QED) is 0.582. The van der Waals surface area contributed by atoms with Crippen molar-refractivity contribution in [3.8, 4) is 0 Å². The lowest BCUT2D eigenvalue weighted by atomic mass is 10.1. The number of rotatable bonds is 5. The van der Waals surface area contributed by atoms with Crippen LogP contribution < -0.4 is 10.9 Å². The minimum Gasteiger partial charge on any atom is -0.292 e. The van der Waals surface area contributed by atoms with Gasteiger partial charge in [-0.3, -0.25) is 30.1 Å². The van der Waals surface area contributed by atoms with Gasteiger partial charge in [0.2, 0.25) is 11.8 Å². The van der Waals surface area contributed by atoms with Gasteiger partial charge in [-0.25, -0.2) is 0 Å². The first kappa shape index (κ1) is 20.0. The highest BCUT2D eigenvalue weighted by Crippen LogP contribution is 2.30. The zero-order valence-electron chi connectivity index (χ0n) is 15.2. The molecule has 3 amide bonds. The van der Waals surface area contributed by atoms with Gasteiger partial charge < -0.3 is 0 Å². The molecule has 0 saturated carbocycles. The second-order valence-corrected chi connectivity index (χ2v) is 8.19. The van der Waals surface area contributed by atoms with Gasteiger partial charge in [-0.2, -0.15) is 0 Å². The van der Waals surface area contributed by atoms with Crippen LogP contribution >= 0.6 is 24.0 Å². The van der Waals surface area contributed by atoms with Gasteiger partial charge in [0.15, 0.2) is 0 Å². The van der Waals surface area contributed by atoms with Crippen molar-refractivity contribution in [1.82, 2.24) is 15.8 Å². The van der Waals surface area contributed by atoms with E-state index in [9.17, 15) is 14.4 Å². The Hall–Kier alpha value is -2.71. The van der Waals surface area contributed by atoms with E-state index in [0.717, 1.165) is 11.1 Å². The summed E-state index contributed by atoms with van der Waals surface area (Å²) in [6.45, 7) is 2.30. The maximum absolute atomic E-state index is 12.6. The summed E-state index contributed by atoms with van der Waals surface area (Å²) >= 11 is 6.49. The molecule has 2 aromatic rings. The van der Waals surface area contributed by atoms with Crippen molar-refractivity contribution in [2.45, 2.75) is 25.1 Å². The van der Waals surface area contributed by atoms with Crippen molar-refractivity contribution in [3.63, 3.8) is 0 Å². The maximum atomic E-state index is 12.6. The van der Waals surface area contributed by atoms with E-state index >= 15 is 0 Å². The maximum Gasteiger partial charge on any atom is 0.269 e. The van der Waals surface area contributed by atoms with Gasteiger partial charge in [0.1, 0.15) is 4.32 Å². The molecule has 144 valence electrons. The topological polar surface area (TPSA) is 78.5 Å². The van der Waals surface area contributed by atoms with E-state index in [0.29, 0.717) is 16.4 Å². The van der Waals surface area contributed by atoms with Crippen LogP contribution in [0.1, 0.15) is 27.9 Å². The molecule has 0 aliphatic carbocycles. The molecule has 6 nitrogen and oxygen atoms in total.